The Labute approximate surface area is 97.8 Å². The van der Waals surface area contributed by atoms with Crippen molar-refractivity contribution < 1.29 is 4.74 Å². The molecule has 0 amide bonds. The molecule has 92 valence electrons. The van der Waals surface area contributed by atoms with Gasteiger partial charge in [0.25, 0.3) is 0 Å². The van der Waals surface area contributed by atoms with Crippen molar-refractivity contribution in [2.75, 3.05) is 13.7 Å². The minimum Gasteiger partial charge on any atom is -0.385 e. The van der Waals surface area contributed by atoms with E-state index in [0.29, 0.717) is 0 Å². The minimum atomic E-state index is 0.205. The van der Waals surface area contributed by atoms with Gasteiger partial charge in [-0.3, -0.25) is 4.68 Å². The van der Waals surface area contributed by atoms with Crippen molar-refractivity contribution in [1.29, 1.82) is 0 Å². The Morgan fingerprint density at radius 1 is 1.56 bits per heavy atom. The average molecular weight is 225 g/mol. The summed E-state index contributed by atoms with van der Waals surface area (Å²) in [4.78, 5) is 0. The van der Waals surface area contributed by atoms with Gasteiger partial charge in [0.15, 0.2) is 0 Å². The minimum absolute atomic E-state index is 0.205. The number of rotatable bonds is 7. The fraction of sp³-hybridized carbons (Fsp3) is 0.750. The van der Waals surface area contributed by atoms with Crippen LogP contribution in [0.5, 0.6) is 0 Å². The van der Waals surface area contributed by atoms with E-state index < -0.39 is 0 Å². The molecule has 1 unspecified atom stereocenters. The van der Waals surface area contributed by atoms with E-state index in [2.05, 4.69) is 18.1 Å². The lowest BCUT2D eigenvalue weighted by atomic mass is 10.1. The number of hydrogen-bond donors (Lipinski definition) is 1. The third-order valence-corrected chi connectivity index (χ3v) is 2.68. The Kier molecular flexibility index (Phi) is 5.49. The molecule has 0 saturated heterocycles. The second-order valence-electron chi connectivity index (χ2n) is 4.19. The largest absolute Gasteiger partial charge is 0.385 e. The molecule has 0 saturated carbocycles. The molecular weight excluding hydrogens is 202 g/mol. The van der Waals surface area contributed by atoms with E-state index in [-0.39, 0.29) is 6.04 Å². The molecule has 1 aromatic heterocycles. The van der Waals surface area contributed by atoms with Gasteiger partial charge < -0.3 is 10.5 Å². The van der Waals surface area contributed by atoms with Crippen LogP contribution in [0.1, 0.15) is 31.2 Å². The molecular formula is C12H23N3O. The Balaban J connectivity index is 2.45. The molecule has 0 bridgehead atoms. The summed E-state index contributed by atoms with van der Waals surface area (Å²) in [5.74, 6) is 0. The highest BCUT2D eigenvalue weighted by molar-refractivity contribution is 5.10. The summed E-state index contributed by atoms with van der Waals surface area (Å²) >= 11 is 0. The second-order valence-corrected chi connectivity index (χ2v) is 4.19. The summed E-state index contributed by atoms with van der Waals surface area (Å²) in [6.45, 7) is 5.83. The van der Waals surface area contributed by atoms with E-state index in [1.807, 2.05) is 11.6 Å². The molecule has 1 aromatic rings. The summed E-state index contributed by atoms with van der Waals surface area (Å²) in [6.07, 6.45) is 2.93. The lowest BCUT2D eigenvalue weighted by Gasteiger charge is -2.12. The molecule has 4 nitrogen and oxygen atoms in total. The summed E-state index contributed by atoms with van der Waals surface area (Å²) < 4.78 is 7.05. The van der Waals surface area contributed by atoms with Gasteiger partial charge in [-0.2, -0.15) is 5.10 Å². The van der Waals surface area contributed by atoms with E-state index in [1.54, 1.807) is 7.11 Å². The molecule has 0 aliphatic rings. The second kappa shape index (κ2) is 6.66. The molecule has 4 heteroatoms. The van der Waals surface area contributed by atoms with Crippen LogP contribution in [0, 0.1) is 6.92 Å². The van der Waals surface area contributed by atoms with Crippen molar-refractivity contribution in [3.05, 3.63) is 17.5 Å². The number of ether oxygens (including phenoxy) is 1. The van der Waals surface area contributed by atoms with Gasteiger partial charge in [0.05, 0.1) is 5.69 Å². The fourth-order valence-corrected chi connectivity index (χ4v) is 1.90. The van der Waals surface area contributed by atoms with Crippen LogP contribution in [0.15, 0.2) is 6.07 Å². The highest BCUT2D eigenvalue weighted by Crippen LogP contribution is 2.08. The molecule has 2 N–H and O–H groups in total. The fourth-order valence-electron chi connectivity index (χ4n) is 1.90. The van der Waals surface area contributed by atoms with Crippen LogP contribution >= 0.6 is 0 Å². The molecule has 1 atom stereocenters. The van der Waals surface area contributed by atoms with Crippen LogP contribution in [0.2, 0.25) is 0 Å². The van der Waals surface area contributed by atoms with Gasteiger partial charge in [-0.1, -0.05) is 0 Å². The lowest BCUT2D eigenvalue weighted by Crippen LogP contribution is -2.24. The van der Waals surface area contributed by atoms with Crippen LogP contribution in [0.3, 0.4) is 0 Å². The van der Waals surface area contributed by atoms with Gasteiger partial charge in [0, 0.05) is 38.4 Å². The number of nitrogens with zero attached hydrogens (tertiary/aromatic N) is 2. The maximum absolute atomic E-state index is 6.08. The van der Waals surface area contributed by atoms with Crippen molar-refractivity contribution in [3.8, 4) is 0 Å². The van der Waals surface area contributed by atoms with Crippen LogP contribution in [0.4, 0.5) is 0 Å². The maximum Gasteiger partial charge on any atom is 0.0596 e. The number of hydrogen-bond acceptors (Lipinski definition) is 3. The van der Waals surface area contributed by atoms with E-state index in [4.69, 9.17) is 10.5 Å². The van der Waals surface area contributed by atoms with Gasteiger partial charge in [0.2, 0.25) is 0 Å². The quantitative estimate of drug-likeness (QED) is 0.716. The van der Waals surface area contributed by atoms with Crippen LogP contribution in [-0.2, 0) is 17.7 Å². The smallest absolute Gasteiger partial charge is 0.0596 e. The Morgan fingerprint density at radius 2 is 2.31 bits per heavy atom. The van der Waals surface area contributed by atoms with Gasteiger partial charge in [-0.05, 0) is 32.8 Å². The molecule has 1 rings (SSSR count). The SMILES string of the molecule is CCn1nc(C)cc1CC(N)CCCOC. The first kappa shape index (κ1) is 13.2. The van der Waals surface area contributed by atoms with Crippen molar-refractivity contribution in [3.63, 3.8) is 0 Å². The van der Waals surface area contributed by atoms with E-state index >= 15 is 0 Å². The molecule has 0 aromatic carbocycles. The first-order valence-corrected chi connectivity index (χ1v) is 5.95. The van der Waals surface area contributed by atoms with Crippen molar-refractivity contribution in [2.24, 2.45) is 5.73 Å². The first-order valence-electron chi connectivity index (χ1n) is 5.95. The van der Waals surface area contributed by atoms with Crippen LogP contribution in [0.25, 0.3) is 0 Å². The highest BCUT2D eigenvalue weighted by atomic mass is 16.5. The van der Waals surface area contributed by atoms with Crippen LogP contribution < -0.4 is 5.73 Å². The number of methoxy groups -OCH3 is 1. The van der Waals surface area contributed by atoms with E-state index in [9.17, 15) is 0 Å². The first-order chi connectivity index (χ1) is 7.67. The van der Waals surface area contributed by atoms with Gasteiger partial charge in [0.1, 0.15) is 0 Å². The lowest BCUT2D eigenvalue weighted by molar-refractivity contribution is 0.190. The van der Waals surface area contributed by atoms with Gasteiger partial charge in [-0.25, -0.2) is 0 Å². The molecule has 0 fully saturated rings. The Hall–Kier alpha value is -0.870. The third-order valence-electron chi connectivity index (χ3n) is 2.68. The molecule has 0 aliphatic carbocycles. The van der Waals surface area contributed by atoms with Gasteiger partial charge >= 0.3 is 0 Å². The molecule has 0 aliphatic heterocycles. The standard InChI is InChI=1S/C12H23N3O/c1-4-15-12(8-10(2)14-15)9-11(13)6-5-7-16-3/h8,11H,4-7,9,13H2,1-3H3. The highest BCUT2D eigenvalue weighted by Gasteiger charge is 2.09. The van der Waals surface area contributed by atoms with Crippen molar-refractivity contribution >= 4 is 0 Å². The zero-order chi connectivity index (χ0) is 12.0. The third kappa shape index (κ3) is 3.94. The topological polar surface area (TPSA) is 53.1 Å². The Morgan fingerprint density at radius 3 is 2.94 bits per heavy atom. The summed E-state index contributed by atoms with van der Waals surface area (Å²) in [5.41, 5.74) is 8.39. The normalized spacial score (nSPS) is 13.0. The zero-order valence-corrected chi connectivity index (χ0v) is 10.6. The predicted octanol–water partition coefficient (Wildman–Crippen LogP) is 1.51. The zero-order valence-electron chi connectivity index (χ0n) is 10.6. The maximum atomic E-state index is 6.08. The summed E-state index contributed by atoms with van der Waals surface area (Å²) in [7, 11) is 1.72. The molecule has 16 heavy (non-hydrogen) atoms. The average Bonchev–Trinajstić information content (AvgIpc) is 2.59. The monoisotopic (exact) mass is 225 g/mol. The summed E-state index contributed by atoms with van der Waals surface area (Å²) in [6, 6.07) is 2.33. The van der Waals surface area contributed by atoms with Gasteiger partial charge in [-0.15, -0.1) is 0 Å². The Bertz CT molecular complexity index is 309. The van der Waals surface area contributed by atoms with E-state index in [0.717, 1.165) is 38.1 Å². The van der Waals surface area contributed by atoms with Crippen molar-refractivity contribution in [1.82, 2.24) is 9.78 Å². The van der Waals surface area contributed by atoms with E-state index in [1.165, 1.54) is 5.69 Å². The molecule has 0 spiro atoms. The van der Waals surface area contributed by atoms with Crippen LogP contribution in [-0.4, -0.2) is 29.5 Å². The summed E-state index contributed by atoms with van der Waals surface area (Å²) in [5, 5.41) is 4.42. The predicted molar refractivity (Wildman–Crippen MR) is 65.4 cm³/mol. The number of nitrogens with two attached hydrogens (primary N) is 1. The molecule has 1 heterocycles. The number of aromatic nitrogens is 2. The number of aryl methyl sites for hydroxylation is 2. The molecule has 0 radical (unpaired) electrons. The van der Waals surface area contributed by atoms with Crippen molar-refractivity contribution in [2.45, 2.75) is 45.7 Å².